The van der Waals surface area contributed by atoms with Gasteiger partial charge in [-0.3, -0.25) is 0 Å². The number of hydrogen-bond donors (Lipinski definition) is 0. The van der Waals surface area contributed by atoms with Crippen LogP contribution in [0.2, 0.25) is 0 Å². The number of nitrogens with zero attached hydrogens (tertiary/aromatic N) is 2. The minimum Gasteiger partial charge on any atom is -1.00 e. The van der Waals surface area contributed by atoms with Gasteiger partial charge >= 0.3 is 6.09 Å². The highest BCUT2D eigenvalue weighted by atomic mass is 127. The number of halogens is 1. The summed E-state index contributed by atoms with van der Waals surface area (Å²) in [5.41, 5.74) is 0. The SMILES string of the molecule is CC(C)[C@H](C)OC(=O)n1cc[n+](C)c1.[I-]. The van der Waals surface area contributed by atoms with Crippen molar-refractivity contribution in [2.24, 2.45) is 13.0 Å². The first-order chi connectivity index (χ1) is 6.50. The highest BCUT2D eigenvalue weighted by molar-refractivity contribution is 5.69. The second kappa shape index (κ2) is 6.09. The number of ether oxygens (including phenoxy) is 1. The summed E-state index contributed by atoms with van der Waals surface area (Å²) in [6.45, 7) is 5.94. The molecule has 1 aromatic heterocycles. The Bertz CT molecular complexity index is 323. The van der Waals surface area contributed by atoms with Gasteiger partial charge in [-0.25, -0.2) is 4.57 Å². The molecule has 4 nitrogen and oxygen atoms in total. The number of aromatic nitrogens is 2. The Balaban J connectivity index is 0.00000196. The average Bonchev–Trinajstić information content (AvgIpc) is 2.51. The number of hydrogen-bond acceptors (Lipinski definition) is 2. The maximum atomic E-state index is 11.5. The van der Waals surface area contributed by atoms with Gasteiger partial charge in [-0.1, -0.05) is 13.8 Å². The van der Waals surface area contributed by atoms with E-state index in [4.69, 9.17) is 4.74 Å². The van der Waals surface area contributed by atoms with Gasteiger partial charge in [0.1, 0.15) is 18.5 Å². The summed E-state index contributed by atoms with van der Waals surface area (Å²) in [6, 6.07) is 0. The molecule has 0 spiro atoms. The zero-order valence-corrected chi connectivity index (χ0v) is 11.6. The summed E-state index contributed by atoms with van der Waals surface area (Å²) in [5.74, 6) is 0.336. The number of carbonyl (C=O) groups is 1. The number of imidazole rings is 1. The third kappa shape index (κ3) is 4.19. The van der Waals surface area contributed by atoms with Crippen LogP contribution in [-0.4, -0.2) is 16.8 Å². The average molecular weight is 324 g/mol. The van der Waals surface area contributed by atoms with Gasteiger partial charge in [-0.05, 0) is 12.8 Å². The highest BCUT2D eigenvalue weighted by Gasteiger charge is 2.18. The Morgan fingerprint density at radius 3 is 2.40 bits per heavy atom. The quantitative estimate of drug-likeness (QED) is 0.483. The summed E-state index contributed by atoms with van der Waals surface area (Å²) in [7, 11) is 1.86. The smallest absolute Gasteiger partial charge is 0.511 e. The lowest BCUT2D eigenvalue weighted by molar-refractivity contribution is -0.670. The van der Waals surface area contributed by atoms with Crippen LogP contribution in [0.3, 0.4) is 0 Å². The molecule has 86 valence electrons. The van der Waals surface area contributed by atoms with Crippen molar-refractivity contribution in [3.05, 3.63) is 18.7 Å². The lowest BCUT2D eigenvalue weighted by atomic mass is 10.1. The molecule has 0 N–H and O–H groups in total. The van der Waals surface area contributed by atoms with Crippen LogP contribution in [0.25, 0.3) is 0 Å². The van der Waals surface area contributed by atoms with Crippen molar-refractivity contribution in [1.82, 2.24) is 4.57 Å². The molecule has 1 aromatic rings. The first-order valence-electron chi connectivity index (χ1n) is 4.75. The zero-order valence-electron chi connectivity index (χ0n) is 9.48. The van der Waals surface area contributed by atoms with Crippen molar-refractivity contribution < 1.29 is 38.1 Å². The van der Waals surface area contributed by atoms with Crippen molar-refractivity contribution in [2.75, 3.05) is 0 Å². The van der Waals surface area contributed by atoms with E-state index in [-0.39, 0.29) is 36.2 Å². The van der Waals surface area contributed by atoms with E-state index in [1.807, 2.05) is 27.8 Å². The van der Waals surface area contributed by atoms with Gasteiger partial charge in [0.25, 0.3) is 6.33 Å². The third-order valence-corrected chi connectivity index (χ3v) is 2.21. The zero-order chi connectivity index (χ0) is 10.7. The van der Waals surface area contributed by atoms with Crippen LogP contribution in [-0.2, 0) is 11.8 Å². The molecular formula is C10H17IN2O2. The maximum Gasteiger partial charge on any atom is 0.511 e. The first kappa shape index (κ1) is 14.4. The molecule has 0 saturated carbocycles. The van der Waals surface area contributed by atoms with Gasteiger partial charge in [0.15, 0.2) is 0 Å². The van der Waals surface area contributed by atoms with E-state index in [0.29, 0.717) is 5.92 Å². The molecule has 0 amide bonds. The van der Waals surface area contributed by atoms with Crippen LogP contribution < -0.4 is 28.5 Å². The Labute approximate surface area is 107 Å². The summed E-state index contributed by atoms with van der Waals surface area (Å²) < 4.78 is 8.44. The second-order valence-electron chi connectivity index (χ2n) is 3.82. The predicted octanol–water partition coefficient (Wildman–Crippen LogP) is -1.65. The van der Waals surface area contributed by atoms with Crippen LogP contribution in [0, 0.1) is 5.92 Å². The normalized spacial score (nSPS) is 12.1. The van der Waals surface area contributed by atoms with E-state index < -0.39 is 0 Å². The standard InChI is InChI=1S/C10H17N2O2.HI/c1-8(2)9(3)14-10(13)12-6-5-11(4)7-12;/h5-9H,1-4H3;1H/q+1;/p-1/t9-;/m0./s1. The fourth-order valence-corrected chi connectivity index (χ4v) is 0.914. The van der Waals surface area contributed by atoms with Gasteiger partial charge in [0.2, 0.25) is 0 Å². The van der Waals surface area contributed by atoms with Gasteiger partial charge in [-0.2, -0.15) is 4.79 Å². The van der Waals surface area contributed by atoms with Crippen LogP contribution in [0.1, 0.15) is 20.8 Å². The molecule has 0 radical (unpaired) electrons. The Kier molecular flexibility index (Phi) is 5.85. The third-order valence-electron chi connectivity index (χ3n) is 2.21. The molecule has 15 heavy (non-hydrogen) atoms. The Morgan fingerprint density at radius 1 is 1.40 bits per heavy atom. The topological polar surface area (TPSA) is 35.1 Å². The summed E-state index contributed by atoms with van der Waals surface area (Å²) in [4.78, 5) is 11.5. The van der Waals surface area contributed by atoms with E-state index in [1.165, 1.54) is 4.57 Å². The minimum absolute atomic E-state index is 0. The molecule has 0 fully saturated rings. The number of carbonyl (C=O) groups excluding carboxylic acids is 1. The largest absolute Gasteiger partial charge is 1.00 e. The van der Waals surface area contributed by atoms with Gasteiger partial charge in [-0.15, -0.1) is 4.57 Å². The van der Waals surface area contributed by atoms with E-state index in [0.717, 1.165) is 0 Å². The Morgan fingerprint density at radius 2 is 2.00 bits per heavy atom. The summed E-state index contributed by atoms with van der Waals surface area (Å²) >= 11 is 0. The van der Waals surface area contributed by atoms with Crippen LogP contribution in [0.4, 0.5) is 4.79 Å². The molecular weight excluding hydrogens is 307 g/mol. The molecule has 0 unspecified atom stereocenters. The minimum atomic E-state index is -0.327. The molecule has 0 bridgehead atoms. The van der Waals surface area contributed by atoms with Crippen LogP contribution in [0.15, 0.2) is 18.7 Å². The van der Waals surface area contributed by atoms with Crippen molar-refractivity contribution in [3.8, 4) is 0 Å². The highest BCUT2D eigenvalue weighted by Crippen LogP contribution is 2.06. The number of aryl methyl sites for hydroxylation is 1. The van der Waals surface area contributed by atoms with Crippen molar-refractivity contribution >= 4 is 6.09 Å². The van der Waals surface area contributed by atoms with Crippen molar-refractivity contribution in [1.29, 1.82) is 0 Å². The summed E-state index contributed by atoms with van der Waals surface area (Å²) in [5, 5.41) is 0. The van der Waals surface area contributed by atoms with Crippen molar-refractivity contribution in [2.45, 2.75) is 26.9 Å². The second-order valence-corrected chi connectivity index (χ2v) is 3.82. The molecule has 1 rings (SSSR count). The lowest BCUT2D eigenvalue weighted by Crippen LogP contribution is -3.00. The molecule has 0 saturated heterocycles. The van der Waals surface area contributed by atoms with E-state index in [2.05, 4.69) is 0 Å². The molecule has 0 aliphatic heterocycles. The maximum absolute atomic E-state index is 11.5. The van der Waals surface area contributed by atoms with Gasteiger partial charge < -0.3 is 28.7 Å². The monoisotopic (exact) mass is 324 g/mol. The molecule has 1 atom stereocenters. The van der Waals surface area contributed by atoms with Gasteiger partial charge in [0, 0.05) is 0 Å². The lowest BCUT2D eigenvalue weighted by Gasteiger charge is -2.13. The molecule has 0 aromatic carbocycles. The first-order valence-corrected chi connectivity index (χ1v) is 4.75. The number of rotatable bonds is 2. The van der Waals surface area contributed by atoms with Crippen LogP contribution in [0.5, 0.6) is 0 Å². The van der Waals surface area contributed by atoms with Crippen molar-refractivity contribution in [3.63, 3.8) is 0 Å². The fraction of sp³-hybridized carbons (Fsp3) is 0.600. The van der Waals surface area contributed by atoms with E-state index in [9.17, 15) is 4.79 Å². The molecule has 0 aliphatic carbocycles. The van der Waals surface area contributed by atoms with E-state index >= 15 is 0 Å². The molecule has 0 aliphatic rings. The molecule has 1 heterocycles. The fourth-order valence-electron chi connectivity index (χ4n) is 0.914. The molecule has 5 heteroatoms. The summed E-state index contributed by atoms with van der Waals surface area (Å²) in [6.07, 6.45) is 4.76. The Hall–Kier alpha value is -0.590. The predicted molar refractivity (Wildman–Crippen MR) is 51.8 cm³/mol. The van der Waals surface area contributed by atoms with Crippen LogP contribution >= 0.6 is 0 Å². The van der Waals surface area contributed by atoms with Gasteiger partial charge in [0.05, 0.1) is 7.05 Å². The van der Waals surface area contributed by atoms with E-state index in [1.54, 1.807) is 23.3 Å².